The minimum Gasteiger partial charge on any atom is -0.376 e. The number of rotatable bonds is 6. The zero-order chi connectivity index (χ0) is 19.9. The third kappa shape index (κ3) is 5.20. The summed E-state index contributed by atoms with van der Waals surface area (Å²) in [6.45, 7) is 4.69. The molecule has 7 heteroatoms. The molecule has 0 aliphatic heterocycles. The van der Waals surface area contributed by atoms with E-state index in [0.717, 1.165) is 22.4 Å². The third-order valence-corrected chi connectivity index (χ3v) is 4.26. The molecule has 0 saturated carbocycles. The number of amides is 2. The molecule has 0 bridgehead atoms. The first-order chi connectivity index (χ1) is 13.5. The first-order valence-corrected chi connectivity index (χ1v) is 8.98. The molecule has 2 amide bonds. The van der Waals surface area contributed by atoms with Crippen LogP contribution in [0.15, 0.2) is 60.9 Å². The van der Waals surface area contributed by atoms with Gasteiger partial charge in [-0.25, -0.2) is 0 Å². The lowest BCUT2D eigenvalue weighted by Gasteiger charge is -2.11. The number of aryl methyl sites for hydroxylation is 2. The molecule has 28 heavy (non-hydrogen) atoms. The Kier molecular flexibility index (Phi) is 6.06. The number of benzene rings is 2. The minimum atomic E-state index is -0.370. The van der Waals surface area contributed by atoms with Crippen molar-refractivity contribution in [1.82, 2.24) is 20.6 Å². The van der Waals surface area contributed by atoms with Crippen molar-refractivity contribution in [2.75, 3.05) is 11.9 Å². The average Bonchev–Trinajstić information content (AvgIpc) is 3.19. The van der Waals surface area contributed by atoms with E-state index in [1.54, 1.807) is 23.0 Å². The van der Waals surface area contributed by atoms with Gasteiger partial charge >= 0.3 is 0 Å². The van der Waals surface area contributed by atoms with Crippen LogP contribution in [0.4, 0.5) is 5.69 Å². The van der Waals surface area contributed by atoms with Gasteiger partial charge in [0.05, 0.1) is 13.1 Å². The fraction of sp³-hybridized carbons (Fsp3) is 0.190. The number of aromatic nitrogens is 2. The Hall–Kier alpha value is -3.61. The smallest absolute Gasteiger partial charge is 0.269 e. The monoisotopic (exact) mass is 377 g/mol. The molecule has 0 aliphatic rings. The van der Waals surface area contributed by atoms with Crippen molar-refractivity contribution in [3.63, 3.8) is 0 Å². The van der Waals surface area contributed by atoms with Crippen LogP contribution in [0.1, 0.15) is 27.0 Å². The lowest BCUT2D eigenvalue weighted by atomic mass is 10.1. The fourth-order valence-electron chi connectivity index (χ4n) is 2.77. The van der Waals surface area contributed by atoms with Gasteiger partial charge < -0.3 is 5.32 Å². The summed E-state index contributed by atoms with van der Waals surface area (Å²) in [6.07, 6.45) is 3.60. The van der Waals surface area contributed by atoms with Gasteiger partial charge in [-0.1, -0.05) is 29.8 Å². The molecule has 1 heterocycles. The van der Waals surface area contributed by atoms with Gasteiger partial charge in [0.1, 0.15) is 0 Å². The fourth-order valence-corrected chi connectivity index (χ4v) is 2.77. The molecule has 3 rings (SSSR count). The molecular weight excluding hydrogens is 354 g/mol. The summed E-state index contributed by atoms with van der Waals surface area (Å²) in [5, 5.41) is 7.21. The number of carbonyl (C=O) groups excluding carboxylic acids is 2. The summed E-state index contributed by atoms with van der Waals surface area (Å²) in [5.41, 5.74) is 9.45. The summed E-state index contributed by atoms with van der Waals surface area (Å²) >= 11 is 0. The van der Waals surface area contributed by atoms with Crippen molar-refractivity contribution in [2.24, 2.45) is 0 Å². The van der Waals surface area contributed by atoms with Crippen LogP contribution < -0.4 is 16.2 Å². The van der Waals surface area contributed by atoms with Gasteiger partial charge in [-0.15, -0.1) is 0 Å². The first-order valence-electron chi connectivity index (χ1n) is 8.98. The van der Waals surface area contributed by atoms with Crippen LogP contribution in [0.2, 0.25) is 0 Å². The zero-order valence-electron chi connectivity index (χ0n) is 15.9. The molecule has 3 N–H and O–H groups in total. The maximum Gasteiger partial charge on any atom is 0.269 e. The maximum absolute atomic E-state index is 12.2. The van der Waals surface area contributed by atoms with Crippen molar-refractivity contribution in [1.29, 1.82) is 0 Å². The second-order valence-electron chi connectivity index (χ2n) is 6.57. The standard InChI is InChI=1S/C21H23N5O2/c1-15-4-9-19(16(2)12-15)22-13-20(27)24-25-21(28)18-7-5-17(6-8-18)14-26-11-3-10-23-26/h3-12,22H,13-14H2,1-2H3,(H,24,27)(H,25,28). The molecule has 144 valence electrons. The van der Waals surface area contributed by atoms with Gasteiger partial charge in [-0.3, -0.25) is 25.1 Å². The highest BCUT2D eigenvalue weighted by Crippen LogP contribution is 2.15. The SMILES string of the molecule is Cc1ccc(NCC(=O)NNC(=O)c2ccc(Cn3cccn3)cc2)c(C)c1. The Bertz CT molecular complexity index is 949. The third-order valence-electron chi connectivity index (χ3n) is 4.26. The van der Waals surface area contributed by atoms with Crippen molar-refractivity contribution < 1.29 is 9.59 Å². The van der Waals surface area contributed by atoms with E-state index in [0.29, 0.717) is 12.1 Å². The van der Waals surface area contributed by atoms with Gasteiger partial charge in [0.15, 0.2) is 0 Å². The lowest BCUT2D eigenvalue weighted by molar-refractivity contribution is -0.120. The van der Waals surface area contributed by atoms with Crippen molar-refractivity contribution in [3.05, 3.63) is 83.2 Å². The second-order valence-corrected chi connectivity index (χ2v) is 6.57. The van der Waals surface area contributed by atoms with Crippen molar-refractivity contribution >= 4 is 17.5 Å². The van der Waals surface area contributed by atoms with Crippen LogP contribution in [0, 0.1) is 13.8 Å². The number of hydrogen-bond acceptors (Lipinski definition) is 4. The summed E-state index contributed by atoms with van der Waals surface area (Å²) in [5.74, 6) is -0.700. The number of hydrogen-bond donors (Lipinski definition) is 3. The first kappa shape index (κ1) is 19.2. The molecule has 3 aromatic rings. The molecule has 0 unspecified atom stereocenters. The Balaban J connectivity index is 1.46. The number of nitrogens with one attached hydrogen (secondary N) is 3. The Morgan fingerprint density at radius 3 is 2.50 bits per heavy atom. The van der Waals surface area contributed by atoms with Gasteiger partial charge in [-0.05, 0) is 49.2 Å². The molecule has 0 radical (unpaired) electrons. The highest BCUT2D eigenvalue weighted by atomic mass is 16.2. The average molecular weight is 377 g/mol. The predicted octanol–water partition coefficient (Wildman–Crippen LogP) is 2.42. The number of carbonyl (C=O) groups is 2. The van der Waals surface area contributed by atoms with Crippen LogP contribution in [0.25, 0.3) is 0 Å². The van der Waals surface area contributed by atoms with Crippen LogP contribution in [0.5, 0.6) is 0 Å². The molecular formula is C21H23N5O2. The predicted molar refractivity (Wildman–Crippen MR) is 108 cm³/mol. The minimum absolute atomic E-state index is 0.0625. The molecule has 2 aromatic carbocycles. The molecule has 0 fully saturated rings. The van der Waals surface area contributed by atoms with E-state index in [-0.39, 0.29) is 18.4 Å². The Labute approximate surface area is 163 Å². The van der Waals surface area contributed by atoms with Gasteiger partial charge in [0.25, 0.3) is 11.8 Å². The highest BCUT2D eigenvalue weighted by molar-refractivity contribution is 5.95. The largest absolute Gasteiger partial charge is 0.376 e. The lowest BCUT2D eigenvalue weighted by Crippen LogP contribution is -2.44. The van der Waals surface area contributed by atoms with E-state index in [9.17, 15) is 9.59 Å². The maximum atomic E-state index is 12.2. The van der Waals surface area contributed by atoms with Gasteiger partial charge in [0.2, 0.25) is 0 Å². The molecule has 7 nitrogen and oxygen atoms in total. The topological polar surface area (TPSA) is 88.0 Å². The number of anilines is 1. The van der Waals surface area contributed by atoms with E-state index < -0.39 is 0 Å². The normalized spacial score (nSPS) is 10.4. The van der Waals surface area contributed by atoms with E-state index in [1.165, 1.54) is 0 Å². The van der Waals surface area contributed by atoms with E-state index in [1.807, 2.05) is 56.4 Å². The van der Waals surface area contributed by atoms with Crippen LogP contribution in [-0.4, -0.2) is 28.1 Å². The Morgan fingerprint density at radius 1 is 1.04 bits per heavy atom. The van der Waals surface area contributed by atoms with E-state index in [2.05, 4.69) is 21.3 Å². The molecule has 0 spiro atoms. The van der Waals surface area contributed by atoms with E-state index >= 15 is 0 Å². The van der Waals surface area contributed by atoms with Gasteiger partial charge in [0, 0.05) is 23.6 Å². The van der Waals surface area contributed by atoms with Crippen molar-refractivity contribution in [2.45, 2.75) is 20.4 Å². The molecule has 1 aromatic heterocycles. The van der Waals surface area contributed by atoms with Crippen molar-refractivity contribution in [3.8, 4) is 0 Å². The summed E-state index contributed by atoms with van der Waals surface area (Å²) < 4.78 is 1.80. The van der Waals surface area contributed by atoms with Crippen LogP contribution >= 0.6 is 0 Å². The quantitative estimate of drug-likeness (QED) is 0.576. The van der Waals surface area contributed by atoms with Crippen LogP contribution in [-0.2, 0) is 11.3 Å². The molecule has 0 aliphatic carbocycles. The highest BCUT2D eigenvalue weighted by Gasteiger charge is 2.08. The number of hydrazine groups is 1. The summed E-state index contributed by atoms with van der Waals surface area (Å²) in [7, 11) is 0. The van der Waals surface area contributed by atoms with Gasteiger partial charge in [-0.2, -0.15) is 5.10 Å². The van der Waals surface area contributed by atoms with Crippen LogP contribution in [0.3, 0.4) is 0 Å². The second kappa shape index (κ2) is 8.85. The summed E-state index contributed by atoms with van der Waals surface area (Å²) in [4.78, 5) is 24.1. The Morgan fingerprint density at radius 2 is 1.82 bits per heavy atom. The molecule has 0 atom stereocenters. The molecule has 0 saturated heterocycles. The summed E-state index contributed by atoms with van der Waals surface area (Å²) in [6, 6.07) is 15.0. The van der Waals surface area contributed by atoms with E-state index in [4.69, 9.17) is 0 Å². The zero-order valence-corrected chi connectivity index (χ0v) is 15.9. The number of nitrogens with zero attached hydrogens (tertiary/aromatic N) is 2.